The van der Waals surface area contributed by atoms with Crippen molar-refractivity contribution >= 4 is 6.29 Å². The van der Waals surface area contributed by atoms with Gasteiger partial charge in [0, 0.05) is 6.20 Å². The molecule has 4 nitrogen and oxygen atoms in total. The van der Waals surface area contributed by atoms with Crippen molar-refractivity contribution in [2.75, 3.05) is 0 Å². The van der Waals surface area contributed by atoms with Gasteiger partial charge in [-0.3, -0.25) is 4.79 Å². The summed E-state index contributed by atoms with van der Waals surface area (Å²) in [4.78, 5) is 15.3. The van der Waals surface area contributed by atoms with Crippen LogP contribution in [-0.4, -0.2) is 21.1 Å². The van der Waals surface area contributed by atoms with Crippen molar-refractivity contribution in [3.05, 3.63) is 40.8 Å². The van der Waals surface area contributed by atoms with Crippen LogP contribution in [0.1, 0.15) is 46.9 Å². The van der Waals surface area contributed by atoms with Gasteiger partial charge in [-0.2, -0.15) is 5.10 Å². The van der Waals surface area contributed by atoms with E-state index in [4.69, 9.17) is 0 Å². The summed E-state index contributed by atoms with van der Waals surface area (Å²) in [6.07, 6.45) is 4.26. The number of hydrogen-bond acceptors (Lipinski definition) is 3. The second-order valence-corrected chi connectivity index (χ2v) is 4.78. The molecule has 0 atom stereocenters. The second kappa shape index (κ2) is 4.72. The fourth-order valence-electron chi connectivity index (χ4n) is 1.88. The molecule has 0 bridgehead atoms. The van der Waals surface area contributed by atoms with Crippen LogP contribution < -0.4 is 0 Å². The van der Waals surface area contributed by atoms with E-state index in [1.54, 1.807) is 10.9 Å². The van der Waals surface area contributed by atoms with Gasteiger partial charge in [-0.1, -0.05) is 19.9 Å². The molecule has 2 heterocycles. The first kappa shape index (κ1) is 12.5. The minimum Gasteiger partial charge on any atom is -0.298 e. The van der Waals surface area contributed by atoms with Crippen molar-refractivity contribution in [2.24, 2.45) is 0 Å². The van der Waals surface area contributed by atoms with Gasteiger partial charge in [-0.15, -0.1) is 0 Å². The molecule has 0 fully saturated rings. The van der Waals surface area contributed by atoms with Crippen molar-refractivity contribution in [1.29, 1.82) is 0 Å². The molecule has 94 valence electrons. The third-order valence-corrected chi connectivity index (χ3v) is 3.11. The van der Waals surface area contributed by atoms with Crippen LogP contribution in [-0.2, 0) is 0 Å². The minimum atomic E-state index is 0.453. The zero-order chi connectivity index (χ0) is 13.3. The Hall–Kier alpha value is -1.97. The number of aldehydes is 1. The monoisotopic (exact) mass is 243 g/mol. The topological polar surface area (TPSA) is 47.8 Å². The zero-order valence-electron chi connectivity index (χ0n) is 11.1. The quantitative estimate of drug-likeness (QED) is 0.779. The van der Waals surface area contributed by atoms with Crippen molar-refractivity contribution < 1.29 is 4.79 Å². The van der Waals surface area contributed by atoms with Crippen LogP contribution in [0.5, 0.6) is 0 Å². The van der Waals surface area contributed by atoms with Crippen molar-refractivity contribution in [2.45, 2.75) is 33.6 Å². The number of nitrogens with zero attached hydrogens (tertiary/aromatic N) is 3. The third kappa shape index (κ3) is 2.06. The fraction of sp³-hybridized carbons (Fsp3) is 0.357. The number of aromatic nitrogens is 3. The fourth-order valence-corrected chi connectivity index (χ4v) is 1.88. The number of aryl methyl sites for hydroxylation is 1. The lowest BCUT2D eigenvalue weighted by molar-refractivity contribution is 0.112. The highest BCUT2D eigenvalue weighted by atomic mass is 16.1. The Kier molecular flexibility index (Phi) is 3.28. The number of carbonyl (C=O) groups excluding carboxylic acids is 1. The number of hydrogen-bond donors (Lipinski definition) is 0. The predicted octanol–water partition coefficient (Wildman–Crippen LogP) is 2.82. The summed E-state index contributed by atoms with van der Waals surface area (Å²) in [7, 11) is 0. The molecule has 0 saturated heterocycles. The molecule has 0 aliphatic rings. The smallest absolute Gasteiger partial charge is 0.156 e. The molecule has 2 rings (SSSR count). The molecule has 0 spiro atoms. The van der Waals surface area contributed by atoms with Crippen LogP contribution in [0.25, 0.3) is 5.82 Å². The summed E-state index contributed by atoms with van der Waals surface area (Å²) >= 11 is 0. The normalized spacial score (nSPS) is 10.9. The molecule has 0 aliphatic carbocycles. The molecule has 2 aromatic heterocycles. The van der Waals surface area contributed by atoms with Gasteiger partial charge in [0.2, 0.25) is 0 Å². The molecule has 0 aromatic carbocycles. The Bertz CT molecular complexity index is 585. The lowest BCUT2D eigenvalue weighted by atomic mass is 10.0. The molecule has 0 radical (unpaired) electrons. The van der Waals surface area contributed by atoms with Gasteiger partial charge in [0.15, 0.2) is 12.1 Å². The number of pyridine rings is 1. The lowest BCUT2D eigenvalue weighted by Crippen LogP contribution is -2.05. The molecular formula is C14H17N3O. The standard InChI is InChI=1S/C14H17N3O/c1-9(2)12-5-10(3)14(15-6-12)17-11(4)13(8-18)7-16-17/h5-9H,1-4H3. The molecule has 18 heavy (non-hydrogen) atoms. The maximum absolute atomic E-state index is 10.8. The van der Waals surface area contributed by atoms with Gasteiger partial charge < -0.3 is 0 Å². The zero-order valence-corrected chi connectivity index (χ0v) is 11.1. The first-order valence-corrected chi connectivity index (χ1v) is 6.01. The Morgan fingerprint density at radius 1 is 1.28 bits per heavy atom. The maximum atomic E-state index is 10.8. The van der Waals surface area contributed by atoms with Crippen LogP contribution in [0.15, 0.2) is 18.5 Å². The molecule has 0 aliphatic heterocycles. The predicted molar refractivity (Wildman–Crippen MR) is 70.3 cm³/mol. The summed E-state index contributed by atoms with van der Waals surface area (Å²) in [5.74, 6) is 1.24. The van der Waals surface area contributed by atoms with E-state index in [-0.39, 0.29) is 0 Å². The number of carbonyl (C=O) groups is 1. The summed E-state index contributed by atoms with van der Waals surface area (Å²) < 4.78 is 1.71. The van der Waals surface area contributed by atoms with Crippen LogP contribution in [0.3, 0.4) is 0 Å². The maximum Gasteiger partial charge on any atom is 0.156 e. The first-order chi connectivity index (χ1) is 8.54. The van der Waals surface area contributed by atoms with Gasteiger partial charge in [-0.25, -0.2) is 9.67 Å². The average molecular weight is 243 g/mol. The van der Waals surface area contributed by atoms with Crippen molar-refractivity contribution in [3.8, 4) is 5.82 Å². The van der Waals surface area contributed by atoms with E-state index in [9.17, 15) is 4.79 Å². The summed E-state index contributed by atoms with van der Waals surface area (Å²) in [5.41, 5.74) is 3.68. The number of rotatable bonds is 3. The van der Waals surface area contributed by atoms with Crippen molar-refractivity contribution in [1.82, 2.24) is 14.8 Å². The van der Waals surface area contributed by atoms with E-state index in [1.807, 2.05) is 20.0 Å². The van der Waals surface area contributed by atoms with Gasteiger partial charge in [0.1, 0.15) is 0 Å². The molecule has 4 heteroatoms. The molecule has 0 amide bonds. The van der Waals surface area contributed by atoms with E-state index in [0.29, 0.717) is 11.5 Å². The highest BCUT2D eigenvalue weighted by Crippen LogP contribution is 2.19. The second-order valence-electron chi connectivity index (χ2n) is 4.78. The lowest BCUT2D eigenvalue weighted by Gasteiger charge is -2.11. The van der Waals surface area contributed by atoms with E-state index in [2.05, 4.69) is 30.0 Å². The Morgan fingerprint density at radius 2 is 2.00 bits per heavy atom. The van der Waals surface area contributed by atoms with Crippen molar-refractivity contribution in [3.63, 3.8) is 0 Å². The van der Waals surface area contributed by atoms with E-state index < -0.39 is 0 Å². The van der Waals surface area contributed by atoms with Crippen LogP contribution >= 0.6 is 0 Å². The van der Waals surface area contributed by atoms with E-state index >= 15 is 0 Å². The van der Waals surface area contributed by atoms with Gasteiger partial charge in [0.05, 0.1) is 17.5 Å². The van der Waals surface area contributed by atoms with Crippen LogP contribution in [0.2, 0.25) is 0 Å². The summed E-state index contributed by atoms with van der Waals surface area (Å²) in [6, 6.07) is 2.12. The highest BCUT2D eigenvalue weighted by molar-refractivity contribution is 5.76. The largest absolute Gasteiger partial charge is 0.298 e. The summed E-state index contributed by atoms with van der Waals surface area (Å²) in [6.45, 7) is 8.16. The van der Waals surface area contributed by atoms with Gasteiger partial charge in [-0.05, 0) is 30.9 Å². The highest BCUT2D eigenvalue weighted by Gasteiger charge is 2.11. The van der Waals surface area contributed by atoms with Gasteiger partial charge in [0.25, 0.3) is 0 Å². The molecule has 0 unspecified atom stereocenters. The van der Waals surface area contributed by atoms with E-state index in [0.717, 1.165) is 23.4 Å². The Balaban J connectivity index is 2.51. The van der Waals surface area contributed by atoms with E-state index in [1.165, 1.54) is 5.56 Å². The van der Waals surface area contributed by atoms with Crippen LogP contribution in [0.4, 0.5) is 0 Å². The summed E-state index contributed by atoms with van der Waals surface area (Å²) in [5, 5.41) is 4.22. The first-order valence-electron chi connectivity index (χ1n) is 6.01. The molecule has 2 aromatic rings. The Morgan fingerprint density at radius 3 is 2.50 bits per heavy atom. The minimum absolute atomic E-state index is 0.453. The molecular weight excluding hydrogens is 226 g/mol. The van der Waals surface area contributed by atoms with Gasteiger partial charge >= 0.3 is 0 Å². The van der Waals surface area contributed by atoms with Crippen LogP contribution in [0, 0.1) is 13.8 Å². The Labute approximate surface area is 107 Å². The molecule has 0 saturated carbocycles. The average Bonchev–Trinajstić information content (AvgIpc) is 2.70. The molecule has 0 N–H and O–H groups in total. The SMILES string of the molecule is Cc1cc(C(C)C)cnc1-n1ncc(C=O)c1C. The third-order valence-electron chi connectivity index (χ3n) is 3.11.